The predicted molar refractivity (Wildman–Crippen MR) is 202 cm³/mol. The van der Waals surface area contributed by atoms with Crippen LogP contribution in [0.4, 0.5) is 0 Å². The molecule has 0 saturated heterocycles. The molecule has 9 aromatic carbocycles. The lowest BCUT2D eigenvalue weighted by molar-refractivity contribution is 0.666. The van der Waals surface area contributed by atoms with Crippen LogP contribution in [0, 0.1) is 0 Å². The average Bonchev–Trinajstić information content (AvgIpc) is 3.36. The zero-order chi connectivity index (χ0) is 31.3. The first-order valence-corrected chi connectivity index (χ1v) is 16.6. The van der Waals surface area contributed by atoms with Crippen molar-refractivity contribution in [3.05, 3.63) is 169 Å². The van der Waals surface area contributed by atoms with E-state index in [-0.39, 0.29) is 5.41 Å². The van der Waals surface area contributed by atoms with Crippen LogP contribution >= 0.6 is 0 Å². The molecule has 0 amide bonds. The fourth-order valence-electron chi connectivity index (χ4n) is 8.65. The van der Waals surface area contributed by atoms with Crippen molar-refractivity contribution in [2.45, 2.75) is 19.3 Å². The molecular weight excluding hydrogens is 565 g/mol. The summed E-state index contributed by atoms with van der Waals surface area (Å²) < 4.78 is 0. The van der Waals surface area contributed by atoms with Crippen LogP contribution in [0.5, 0.6) is 0 Å². The molecule has 0 heteroatoms. The van der Waals surface area contributed by atoms with Crippen molar-refractivity contribution in [1.82, 2.24) is 0 Å². The van der Waals surface area contributed by atoms with E-state index in [1.807, 2.05) is 0 Å². The van der Waals surface area contributed by atoms with E-state index in [2.05, 4.69) is 172 Å². The average molecular weight is 597 g/mol. The molecule has 0 aliphatic heterocycles. The molecule has 47 heavy (non-hydrogen) atoms. The first kappa shape index (κ1) is 26.5. The van der Waals surface area contributed by atoms with Crippen LogP contribution in [0.15, 0.2) is 158 Å². The summed E-state index contributed by atoms with van der Waals surface area (Å²) in [7, 11) is 0. The zero-order valence-corrected chi connectivity index (χ0v) is 26.5. The Morgan fingerprint density at radius 2 is 0.957 bits per heavy atom. The van der Waals surface area contributed by atoms with Gasteiger partial charge < -0.3 is 0 Å². The SMILES string of the molecule is CC1(C)c2cc(-c3c4ccccc4cc4c3ccc3ccccc34)ccc2-c2c(-c3cccc4ccccc34)cc3ccccc3c21. The van der Waals surface area contributed by atoms with Gasteiger partial charge in [0.05, 0.1) is 0 Å². The topological polar surface area (TPSA) is 0 Å². The van der Waals surface area contributed by atoms with Gasteiger partial charge in [-0.25, -0.2) is 0 Å². The first-order chi connectivity index (χ1) is 23.1. The van der Waals surface area contributed by atoms with Crippen LogP contribution in [0.2, 0.25) is 0 Å². The monoisotopic (exact) mass is 596 g/mol. The van der Waals surface area contributed by atoms with Gasteiger partial charge >= 0.3 is 0 Å². The Hall–Kier alpha value is -5.72. The number of hydrogen-bond donors (Lipinski definition) is 0. The van der Waals surface area contributed by atoms with Gasteiger partial charge in [-0.3, -0.25) is 0 Å². The molecule has 0 spiro atoms. The minimum atomic E-state index is -0.187. The Morgan fingerprint density at radius 3 is 1.74 bits per heavy atom. The summed E-state index contributed by atoms with van der Waals surface area (Å²) in [4.78, 5) is 0. The van der Waals surface area contributed by atoms with Crippen LogP contribution in [0.3, 0.4) is 0 Å². The van der Waals surface area contributed by atoms with Crippen LogP contribution in [-0.4, -0.2) is 0 Å². The van der Waals surface area contributed by atoms with Gasteiger partial charge in [-0.2, -0.15) is 0 Å². The van der Waals surface area contributed by atoms with Crippen LogP contribution in [0.1, 0.15) is 25.0 Å². The third kappa shape index (κ3) is 3.70. The molecule has 0 nitrogen and oxygen atoms in total. The predicted octanol–water partition coefficient (Wildman–Crippen LogP) is 13.1. The highest BCUT2D eigenvalue weighted by Crippen LogP contribution is 2.56. The van der Waals surface area contributed by atoms with Gasteiger partial charge in [-0.1, -0.05) is 153 Å². The third-order valence-corrected chi connectivity index (χ3v) is 10.8. The van der Waals surface area contributed by atoms with Crippen molar-refractivity contribution in [3.8, 4) is 33.4 Å². The largest absolute Gasteiger partial charge is 0.0616 e. The molecule has 0 N–H and O–H groups in total. The zero-order valence-electron chi connectivity index (χ0n) is 26.5. The van der Waals surface area contributed by atoms with E-state index in [1.54, 1.807) is 0 Å². The molecule has 1 aliphatic rings. The highest BCUT2D eigenvalue weighted by molar-refractivity contribution is 6.20. The van der Waals surface area contributed by atoms with E-state index in [9.17, 15) is 0 Å². The van der Waals surface area contributed by atoms with E-state index in [1.165, 1.54) is 98.4 Å². The van der Waals surface area contributed by atoms with Crippen LogP contribution in [0.25, 0.3) is 87.2 Å². The maximum atomic E-state index is 2.51. The summed E-state index contributed by atoms with van der Waals surface area (Å²) >= 11 is 0. The summed E-state index contributed by atoms with van der Waals surface area (Å²) in [6.45, 7) is 4.85. The summed E-state index contributed by atoms with van der Waals surface area (Å²) in [6.07, 6.45) is 0. The van der Waals surface area contributed by atoms with Crippen LogP contribution in [-0.2, 0) is 5.41 Å². The van der Waals surface area contributed by atoms with E-state index in [0.717, 1.165) is 0 Å². The van der Waals surface area contributed by atoms with Crippen molar-refractivity contribution in [2.75, 3.05) is 0 Å². The fraction of sp³-hybridized carbons (Fsp3) is 0.0638. The molecule has 0 bridgehead atoms. The fourth-order valence-corrected chi connectivity index (χ4v) is 8.65. The number of rotatable bonds is 2. The Kier molecular flexibility index (Phi) is 5.44. The quantitative estimate of drug-likeness (QED) is 0.138. The Balaban J connectivity index is 1.29. The summed E-state index contributed by atoms with van der Waals surface area (Å²) in [5, 5.41) is 13.0. The molecule has 10 rings (SSSR count). The van der Waals surface area contributed by atoms with Gasteiger partial charge in [0.15, 0.2) is 0 Å². The molecule has 0 saturated carbocycles. The summed E-state index contributed by atoms with van der Waals surface area (Å²) in [5.74, 6) is 0. The normalized spacial score (nSPS) is 13.5. The molecule has 0 atom stereocenters. The molecule has 9 aromatic rings. The highest BCUT2D eigenvalue weighted by Gasteiger charge is 2.39. The lowest BCUT2D eigenvalue weighted by Gasteiger charge is -2.25. The van der Waals surface area contributed by atoms with Crippen LogP contribution < -0.4 is 0 Å². The third-order valence-electron chi connectivity index (χ3n) is 10.8. The first-order valence-electron chi connectivity index (χ1n) is 16.6. The number of benzene rings is 9. The van der Waals surface area contributed by atoms with Crippen molar-refractivity contribution in [3.63, 3.8) is 0 Å². The molecule has 0 radical (unpaired) electrons. The minimum absolute atomic E-state index is 0.187. The van der Waals surface area contributed by atoms with E-state index < -0.39 is 0 Å². The van der Waals surface area contributed by atoms with Gasteiger partial charge in [0.1, 0.15) is 0 Å². The second-order valence-corrected chi connectivity index (χ2v) is 13.7. The van der Waals surface area contributed by atoms with Crippen molar-refractivity contribution in [1.29, 1.82) is 0 Å². The Bertz CT molecular complexity index is 2750. The van der Waals surface area contributed by atoms with Crippen molar-refractivity contribution < 1.29 is 0 Å². The van der Waals surface area contributed by atoms with Gasteiger partial charge in [-0.15, -0.1) is 0 Å². The van der Waals surface area contributed by atoms with Gasteiger partial charge in [0, 0.05) is 5.41 Å². The molecule has 0 aromatic heterocycles. The Morgan fingerprint density at radius 1 is 0.340 bits per heavy atom. The van der Waals surface area contributed by atoms with Gasteiger partial charge in [-0.05, 0) is 117 Å². The standard InChI is InChI=1S/C47H32/c1-47(2)43-28-33(44-36-19-9-5-14-31(36)26-41-35-18-8-4-13-30(35)22-24-39(41)44)23-25-40(43)45-42(27-32-15-6-10-20-37(32)46(45)47)38-21-11-16-29-12-3-7-17-34(29)38/h3-28H,1-2H3. The molecular formula is C47H32. The molecule has 1 aliphatic carbocycles. The number of fused-ring (bicyclic) bond motifs is 10. The lowest BCUT2D eigenvalue weighted by Crippen LogP contribution is -2.15. The molecule has 220 valence electrons. The summed E-state index contributed by atoms with van der Waals surface area (Å²) in [5.41, 5.74) is 10.6. The second kappa shape index (κ2) is 9.64. The molecule has 0 fully saturated rings. The van der Waals surface area contributed by atoms with Crippen molar-refractivity contribution in [2.24, 2.45) is 0 Å². The summed E-state index contributed by atoms with van der Waals surface area (Å²) in [6, 6.07) is 58.9. The number of hydrogen-bond acceptors (Lipinski definition) is 0. The van der Waals surface area contributed by atoms with Gasteiger partial charge in [0.2, 0.25) is 0 Å². The lowest BCUT2D eigenvalue weighted by atomic mass is 9.78. The molecule has 0 heterocycles. The minimum Gasteiger partial charge on any atom is -0.0616 e. The molecule has 0 unspecified atom stereocenters. The van der Waals surface area contributed by atoms with E-state index in [0.29, 0.717) is 0 Å². The smallest absolute Gasteiger partial charge is 0.0165 e. The maximum Gasteiger partial charge on any atom is 0.0165 e. The highest BCUT2D eigenvalue weighted by atomic mass is 14.4. The Labute approximate surface area is 274 Å². The van der Waals surface area contributed by atoms with E-state index in [4.69, 9.17) is 0 Å². The van der Waals surface area contributed by atoms with Crippen molar-refractivity contribution >= 4 is 53.9 Å². The van der Waals surface area contributed by atoms with E-state index >= 15 is 0 Å². The second-order valence-electron chi connectivity index (χ2n) is 13.7. The maximum absolute atomic E-state index is 2.51. The van der Waals surface area contributed by atoms with Gasteiger partial charge in [0.25, 0.3) is 0 Å².